The molecule has 2 aliphatic rings. The van der Waals surface area contributed by atoms with Crippen molar-refractivity contribution in [2.45, 2.75) is 39.5 Å². The van der Waals surface area contributed by atoms with Crippen LogP contribution in [0.2, 0.25) is 0 Å². The molecule has 15 heavy (non-hydrogen) atoms. The Morgan fingerprint density at radius 2 is 1.60 bits per heavy atom. The topological polar surface area (TPSA) is 6.25 Å². The van der Waals surface area contributed by atoms with Crippen molar-refractivity contribution in [2.75, 3.05) is 26.2 Å². The molecule has 0 spiro atoms. The lowest BCUT2D eigenvalue weighted by Gasteiger charge is -2.17. The second-order valence-corrected chi connectivity index (χ2v) is 4.82. The van der Waals surface area contributed by atoms with Gasteiger partial charge in [0.05, 0.1) is 0 Å². The minimum Gasteiger partial charge on any atom is -0.375 e. The largest absolute Gasteiger partial charge is 0.375 e. The standard InChI is InChI=1S/C13H23N2/c1-12(14-7-3-4-8-14)11-13(2)15-9-5-6-10-15/h11H,3-10H2,1-2H3/q+1. The van der Waals surface area contributed by atoms with Crippen molar-refractivity contribution < 1.29 is 4.58 Å². The van der Waals surface area contributed by atoms with Crippen LogP contribution in [0, 0.1) is 0 Å². The third kappa shape index (κ3) is 2.61. The highest BCUT2D eigenvalue weighted by molar-refractivity contribution is 5.89. The van der Waals surface area contributed by atoms with E-state index >= 15 is 0 Å². The molecule has 0 bridgehead atoms. The van der Waals surface area contributed by atoms with E-state index < -0.39 is 0 Å². The van der Waals surface area contributed by atoms with Gasteiger partial charge in [0, 0.05) is 44.6 Å². The molecule has 2 nitrogen and oxygen atoms in total. The molecule has 0 amide bonds. The zero-order valence-electron chi connectivity index (χ0n) is 10.1. The average Bonchev–Trinajstić information content (AvgIpc) is 2.91. The predicted molar refractivity (Wildman–Crippen MR) is 64.5 cm³/mol. The molecule has 2 aliphatic heterocycles. The zero-order chi connectivity index (χ0) is 10.7. The maximum Gasteiger partial charge on any atom is 0.174 e. The molecule has 0 aromatic carbocycles. The molecule has 0 aliphatic carbocycles. The van der Waals surface area contributed by atoms with Gasteiger partial charge in [-0.15, -0.1) is 0 Å². The fourth-order valence-electron chi connectivity index (χ4n) is 2.62. The minimum atomic E-state index is 1.26. The van der Waals surface area contributed by atoms with Crippen LogP contribution in [0.5, 0.6) is 0 Å². The smallest absolute Gasteiger partial charge is 0.174 e. The average molecular weight is 207 g/mol. The summed E-state index contributed by atoms with van der Waals surface area (Å²) in [6.07, 6.45) is 7.85. The minimum absolute atomic E-state index is 1.26. The van der Waals surface area contributed by atoms with Crippen molar-refractivity contribution >= 4 is 5.71 Å². The molecule has 0 atom stereocenters. The molecular weight excluding hydrogens is 184 g/mol. The van der Waals surface area contributed by atoms with Crippen LogP contribution in [-0.4, -0.2) is 41.4 Å². The summed E-state index contributed by atoms with van der Waals surface area (Å²) < 4.78 is 2.51. The quantitative estimate of drug-likeness (QED) is 0.630. The summed E-state index contributed by atoms with van der Waals surface area (Å²) in [4.78, 5) is 2.51. The maximum atomic E-state index is 2.51. The fraction of sp³-hybridized carbons (Fsp3) is 0.769. The molecule has 2 heterocycles. The lowest BCUT2D eigenvalue weighted by Crippen LogP contribution is -2.20. The zero-order valence-corrected chi connectivity index (χ0v) is 10.1. The van der Waals surface area contributed by atoms with E-state index in [0.29, 0.717) is 0 Å². The first kappa shape index (κ1) is 10.7. The van der Waals surface area contributed by atoms with E-state index in [1.54, 1.807) is 0 Å². The Morgan fingerprint density at radius 3 is 2.20 bits per heavy atom. The lowest BCUT2D eigenvalue weighted by atomic mass is 10.3. The van der Waals surface area contributed by atoms with Gasteiger partial charge < -0.3 is 4.90 Å². The van der Waals surface area contributed by atoms with Gasteiger partial charge in [-0.2, -0.15) is 0 Å². The Bertz CT molecular complexity index is 275. The highest BCUT2D eigenvalue weighted by atomic mass is 15.1. The molecule has 2 heteroatoms. The Balaban J connectivity index is 2.04. The summed E-state index contributed by atoms with van der Waals surface area (Å²) in [6, 6.07) is 0. The van der Waals surface area contributed by atoms with Gasteiger partial charge in [0.2, 0.25) is 0 Å². The van der Waals surface area contributed by atoms with Crippen molar-refractivity contribution in [3.8, 4) is 0 Å². The SMILES string of the molecule is CC(/C=C(/C)N1CCCC1)=[N+]1CCCC1. The van der Waals surface area contributed by atoms with Gasteiger partial charge in [-0.1, -0.05) is 0 Å². The molecule has 0 aromatic heterocycles. The summed E-state index contributed by atoms with van der Waals surface area (Å²) in [5, 5.41) is 0. The van der Waals surface area contributed by atoms with E-state index in [1.807, 2.05) is 0 Å². The Hall–Kier alpha value is -0.790. The molecule has 2 fully saturated rings. The normalized spacial score (nSPS) is 22.7. The van der Waals surface area contributed by atoms with Gasteiger partial charge in [-0.05, 0) is 19.8 Å². The second kappa shape index (κ2) is 4.82. The number of nitrogens with zero attached hydrogens (tertiary/aromatic N) is 2. The van der Waals surface area contributed by atoms with Gasteiger partial charge in [-0.25, -0.2) is 4.58 Å². The van der Waals surface area contributed by atoms with Gasteiger partial charge in [0.15, 0.2) is 5.71 Å². The van der Waals surface area contributed by atoms with E-state index in [4.69, 9.17) is 0 Å². The molecule has 0 aromatic rings. The first-order chi connectivity index (χ1) is 7.27. The predicted octanol–water partition coefficient (Wildman–Crippen LogP) is 2.25. The summed E-state index contributed by atoms with van der Waals surface area (Å²) in [5.74, 6) is 0. The molecule has 0 N–H and O–H groups in total. The van der Waals surface area contributed by atoms with E-state index in [0.717, 1.165) is 0 Å². The van der Waals surface area contributed by atoms with E-state index in [1.165, 1.54) is 63.3 Å². The van der Waals surface area contributed by atoms with Crippen molar-refractivity contribution in [3.63, 3.8) is 0 Å². The highest BCUT2D eigenvalue weighted by Gasteiger charge is 2.17. The summed E-state index contributed by atoms with van der Waals surface area (Å²) in [5.41, 5.74) is 2.91. The second-order valence-electron chi connectivity index (χ2n) is 4.82. The van der Waals surface area contributed by atoms with Gasteiger partial charge in [-0.3, -0.25) is 0 Å². The van der Waals surface area contributed by atoms with Crippen LogP contribution in [-0.2, 0) is 0 Å². The summed E-state index contributed by atoms with van der Waals surface area (Å²) in [7, 11) is 0. The summed E-state index contributed by atoms with van der Waals surface area (Å²) in [6.45, 7) is 9.55. The lowest BCUT2D eigenvalue weighted by molar-refractivity contribution is -0.505. The van der Waals surface area contributed by atoms with Crippen LogP contribution in [0.4, 0.5) is 0 Å². The van der Waals surface area contributed by atoms with Crippen molar-refractivity contribution in [1.82, 2.24) is 4.90 Å². The van der Waals surface area contributed by atoms with Crippen LogP contribution in [0.25, 0.3) is 0 Å². The van der Waals surface area contributed by atoms with Crippen molar-refractivity contribution in [2.24, 2.45) is 0 Å². The number of hydrogen-bond acceptors (Lipinski definition) is 1. The maximum absolute atomic E-state index is 2.51. The van der Waals surface area contributed by atoms with E-state index in [9.17, 15) is 0 Å². The molecule has 0 unspecified atom stereocenters. The monoisotopic (exact) mass is 207 g/mol. The van der Waals surface area contributed by atoms with Crippen LogP contribution in [0.15, 0.2) is 11.8 Å². The van der Waals surface area contributed by atoms with Gasteiger partial charge >= 0.3 is 0 Å². The first-order valence-electron chi connectivity index (χ1n) is 6.29. The molecule has 0 saturated carbocycles. The van der Waals surface area contributed by atoms with Crippen LogP contribution >= 0.6 is 0 Å². The third-order valence-corrected chi connectivity index (χ3v) is 3.63. The molecule has 2 saturated heterocycles. The number of likely N-dealkylation sites (tertiary alicyclic amines) is 1. The number of allylic oxidation sites excluding steroid dienone is 2. The van der Waals surface area contributed by atoms with Crippen molar-refractivity contribution in [1.29, 1.82) is 0 Å². The van der Waals surface area contributed by atoms with Gasteiger partial charge in [0.25, 0.3) is 0 Å². The molecular formula is C13H23N2+. The van der Waals surface area contributed by atoms with E-state index in [2.05, 4.69) is 29.4 Å². The Kier molecular flexibility index (Phi) is 3.45. The molecule has 2 rings (SSSR count). The fourth-order valence-corrected chi connectivity index (χ4v) is 2.62. The summed E-state index contributed by atoms with van der Waals surface area (Å²) >= 11 is 0. The van der Waals surface area contributed by atoms with Crippen molar-refractivity contribution in [3.05, 3.63) is 11.8 Å². The molecule has 84 valence electrons. The Labute approximate surface area is 93.3 Å². The third-order valence-electron chi connectivity index (χ3n) is 3.63. The first-order valence-corrected chi connectivity index (χ1v) is 6.29. The molecule has 0 radical (unpaired) electrons. The van der Waals surface area contributed by atoms with Gasteiger partial charge in [0.1, 0.15) is 13.1 Å². The van der Waals surface area contributed by atoms with Crippen LogP contribution < -0.4 is 0 Å². The van der Waals surface area contributed by atoms with Crippen LogP contribution in [0.3, 0.4) is 0 Å². The van der Waals surface area contributed by atoms with Crippen LogP contribution in [0.1, 0.15) is 39.5 Å². The number of rotatable bonds is 2. The van der Waals surface area contributed by atoms with E-state index in [-0.39, 0.29) is 0 Å². The number of hydrogen-bond donors (Lipinski definition) is 0. The Morgan fingerprint density at radius 1 is 1.00 bits per heavy atom. The highest BCUT2D eigenvalue weighted by Crippen LogP contribution is 2.14.